The first-order chi connectivity index (χ1) is 9.60. The SMILES string of the molecule is CCCC(CC)NC(=O)C(NC(=O)OC(C)(C)C)C(C)C. The van der Waals surface area contributed by atoms with Crippen LogP contribution < -0.4 is 10.6 Å². The lowest BCUT2D eigenvalue weighted by molar-refractivity contribution is -0.125. The van der Waals surface area contributed by atoms with Crippen molar-refractivity contribution >= 4 is 12.0 Å². The molecule has 0 saturated heterocycles. The maximum absolute atomic E-state index is 12.3. The Hall–Kier alpha value is -1.26. The van der Waals surface area contributed by atoms with Gasteiger partial charge in [-0.3, -0.25) is 4.79 Å². The number of hydrogen-bond donors (Lipinski definition) is 2. The lowest BCUT2D eigenvalue weighted by Crippen LogP contribution is -2.52. The minimum Gasteiger partial charge on any atom is -0.444 e. The number of carbonyl (C=O) groups excluding carboxylic acids is 2. The quantitative estimate of drug-likeness (QED) is 0.758. The van der Waals surface area contributed by atoms with Crippen LogP contribution in [0.4, 0.5) is 4.79 Å². The zero-order chi connectivity index (χ0) is 16.6. The van der Waals surface area contributed by atoms with Gasteiger partial charge in [-0.05, 0) is 39.5 Å². The molecule has 0 aliphatic rings. The zero-order valence-corrected chi connectivity index (χ0v) is 14.6. The highest BCUT2D eigenvalue weighted by Crippen LogP contribution is 2.10. The van der Waals surface area contributed by atoms with Gasteiger partial charge in [-0.25, -0.2) is 4.79 Å². The van der Waals surface area contributed by atoms with Crippen LogP contribution in [0.25, 0.3) is 0 Å². The van der Waals surface area contributed by atoms with E-state index in [-0.39, 0.29) is 17.9 Å². The predicted molar refractivity (Wildman–Crippen MR) is 85.1 cm³/mol. The molecule has 0 aromatic heterocycles. The number of alkyl carbamates (subject to hydrolysis) is 1. The molecule has 0 saturated carbocycles. The Morgan fingerprint density at radius 2 is 1.67 bits per heavy atom. The van der Waals surface area contributed by atoms with Crippen molar-refractivity contribution in [2.24, 2.45) is 5.92 Å². The third-order valence-corrected chi connectivity index (χ3v) is 3.10. The smallest absolute Gasteiger partial charge is 0.408 e. The Bertz CT molecular complexity index is 335. The third-order valence-electron chi connectivity index (χ3n) is 3.10. The Morgan fingerprint density at radius 1 is 1.10 bits per heavy atom. The molecule has 2 atom stereocenters. The molecular formula is C16H32N2O3. The summed E-state index contributed by atoms with van der Waals surface area (Å²) < 4.78 is 5.22. The molecule has 21 heavy (non-hydrogen) atoms. The first-order valence-corrected chi connectivity index (χ1v) is 7.90. The predicted octanol–water partition coefficient (Wildman–Crippen LogP) is 3.23. The van der Waals surface area contributed by atoms with E-state index in [4.69, 9.17) is 4.74 Å². The Kier molecular flexibility index (Phi) is 8.37. The summed E-state index contributed by atoms with van der Waals surface area (Å²) in [5, 5.41) is 5.68. The van der Waals surface area contributed by atoms with Crippen molar-refractivity contribution in [2.45, 2.75) is 85.4 Å². The van der Waals surface area contributed by atoms with Crippen LogP contribution in [0.5, 0.6) is 0 Å². The molecule has 2 amide bonds. The molecule has 0 spiro atoms. The van der Waals surface area contributed by atoms with E-state index in [1.165, 1.54) is 0 Å². The molecule has 5 nitrogen and oxygen atoms in total. The van der Waals surface area contributed by atoms with Gasteiger partial charge in [-0.1, -0.05) is 34.1 Å². The van der Waals surface area contributed by atoms with Gasteiger partial charge in [0, 0.05) is 6.04 Å². The summed E-state index contributed by atoms with van der Waals surface area (Å²) in [6.07, 6.45) is 2.29. The van der Waals surface area contributed by atoms with Crippen LogP contribution in [0.15, 0.2) is 0 Å². The van der Waals surface area contributed by atoms with Gasteiger partial charge in [0.2, 0.25) is 5.91 Å². The Morgan fingerprint density at radius 3 is 2.05 bits per heavy atom. The van der Waals surface area contributed by atoms with Gasteiger partial charge in [-0.15, -0.1) is 0 Å². The molecule has 2 unspecified atom stereocenters. The van der Waals surface area contributed by atoms with Crippen LogP contribution in [-0.2, 0) is 9.53 Å². The number of ether oxygens (including phenoxy) is 1. The van der Waals surface area contributed by atoms with Crippen LogP contribution >= 0.6 is 0 Å². The van der Waals surface area contributed by atoms with E-state index >= 15 is 0 Å². The number of rotatable bonds is 7. The largest absolute Gasteiger partial charge is 0.444 e. The van der Waals surface area contributed by atoms with Gasteiger partial charge < -0.3 is 15.4 Å². The molecule has 0 aromatic rings. The first-order valence-electron chi connectivity index (χ1n) is 7.90. The fraction of sp³-hybridized carbons (Fsp3) is 0.875. The standard InChI is InChI=1S/C16H32N2O3/c1-8-10-12(9-2)17-14(19)13(11(3)4)18-15(20)21-16(5,6)7/h11-13H,8-10H2,1-7H3,(H,17,19)(H,18,20). The summed E-state index contributed by atoms with van der Waals surface area (Å²) in [4.78, 5) is 24.2. The fourth-order valence-electron chi connectivity index (χ4n) is 1.99. The van der Waals surface area contributed by atoms with Crippen LogP contribution in [-0.4, -0.2) is 29.7 Å². The zero-order valence-electron chi connectivity index (χ0n) is 14.6. The minimum atomic E-state index is -0.578. The normalized spacial score (nSPS) is 14.5. The molecule has 124 valence electrons. The van der Waals surface area contributed by atoms with E-state index in [2.05, 4.69) is 17.6 Å². The average Bonchev–Trinajstić information content (AvgIpc) is 2.32. The molecule has 5 heteroatoms. The molecule has 0 bridgehead atoms. The highest BCUT2D eigenvalue weighted by atomic mass is 16.6. The molecule has 0 fully saturated rings. The van der Waals surface area contributed by atoms with E-state index in [1.807, 2.05) is 20.8 Å². The van der Waals surface area contributed by atoms with Gasteiger partial charge in [-0.2, -0.15) is 0 Å². The van der Waals surface area contributed by atoms with Crippen molar-refractivity contribution in [1.29, 1.82) is 0 Å². The van der Waals surface area contributed by atoms with Crippen LogP contribution in [0.1, 0.15) is 67.7 Å². The van der Waals surface area contributed by atoms with E-state index in [1.54, 1.807) is 20.8 Å². The van der Waals surface area contributed by atoms with Crippen molar-refractivity contribution < 1.29 is 14.3 Å². The third kappa shape index (κ3) is 8.58. The summed E-state index contributed by atoms with van der Waals surface area (Å²) in [7, 11) is 0. The van der Waals surface area contributed by atoms with Crippen molar-refractivity contribution in [1.82, 2.24) is 10.6 Å². The summed E-state index contributed by atoms with van der Waals surface area (Å²) in [6.45, 7) is 13.3. The monoisotopic (exact) mass is 300 g/mol. The molecule has 0 aliphatic carbocycles. The Labute approximate surface area is 129 Å². The van der Waals surface area contributed by atoms with Crippen molar-refractivity contribution in [3.05, 3.63) is 0 Å². The van der Waals surface area contributed by atoms with E-state index in [0.717, 1.165) is 19.3 Å². The highest BCUT2D eigenvalue weighted by molar-refractivity contribution is 5.86. The molecule has 0 radical (unpaired) electrons. The molecule has 0 heterocycles. The maximum atomic E-state index is 12.3. The Balaban J connectivity index is 4.67. The van der Waals surface area contributed by atoms with Gasteiger partial charge in [0.15, 0.2) is 0 Å². The number of carbonyl (C=O) groups is 2. The van der Waals surface area contributed by atoms with Gasteiger partial charge >= 0.3 is 6.09 Å². The maximum Gasteiger partial charge on any atom is 0.408 e. The lowest BCUT2D eigenvalue weighted by Gasteiger charge is -2.27. The number of hydrogen-bond acceptors (Lipinski definition) is 3. The molecule has 0 aliphatic heterocycles. The fourth-order valence-corrected chi connectivity index (χ4v) is 1.99. The molecule has 0 aromatic carbocycles. The second-order valence-corrected chi connectivity index (χ2v) is 6.77. The summed E-state index contributed by atoms with van der Waals surface area (Å²) in [5.74, 6) is -0.146. The first kappa shape index (κ1) is 19.7. The molecular weight excluding hydrogens is 268 g/mol. The second-order valence-electron chi connectivity index (χ2n) is 6.77. The second kappa shape index (κ2) is 8.90. The summed E-state index contributed by atoms with van der Waals surface area (Å²) >= 11 is 0. The van der Waals surface area contributed by atoms with E-state index in [0.29, 0.717) is 0 Å². The van der Waals surface area contributed by atoms with E-state index < -0.39 is 17.7 Å². The molecule has 0 rings (SSSR count). The number of amides is 2. The van der Waals surface area contributed by atoms with Gasteiger partial charge in [0.1, 0.15) is 11.6 Å². The average molecular weight is 300 g/mol. The minimum absolute atomic E-state index is 0.00310. The molecule has 2 N–H and O–H groups in total. The summed E-state index contributed by atoms with van der Waals surface area (Å²) in [5.41, 5.74) is -0.573. The summed E-state index contributed by atoms with van der Waals surface area (Å²) in [6, 6.07) is -0.421. The number of nitrogens with one attached hydrogen (secondary N) is 2. The van der Waals surface area contributed by atoms with Crippen molar-refractivity contribution in [3.63, 3.8) is 0 Å². The van der Waals surface area contributed by atoms with Crippen LogP contribution in [0.3, 0.4) is 0 Å². The topological polar surface area (TPSA) is 67.4 Å². The van der Waals surface area contributed by atoms with Crippen molar-refractivity contribution in [2.75, 3.05) is 0 Å². The lowest BCUT2D eigenvalue weighted by atomic mass is 10.0. The van der Waals surface area contributed by atoms with Crippen LogP contribution in [0.2, 0.25) is 0 Å². The van der Waals surface area contributed by atoms with Gasteiger partial charge in [0.25, 0.3) is 0 Å². The van der Waals surface area contributed by atoms with Crippen LogP contribution in [0, 0.1) is 5.92 Å². The van der Waals surface area contributed by atoms with Crippen molar-refractivity contribution in [3.8, 4) is 0 Å². The van der Waals surface area contributed by atoms with E-state index in [9.17, 15) is 9.59 Å². The highest BCUT2D eigenvalue weighted by Gasteiger charge is 2.27. The van der Waals surface area contributed by atoms with Gasteiger partial charge in [0.05, 0.1) is 0 Å².